The normalized spacial score (nSPS) is 16.9. The Balaban J connectivity index is 1.45. The molecule has 1 amide bonds. The molecule has 1 aromatic carbocycles. The summed E-state index contributed by atoms with van der Waals surface area (Å²) in [6, 6.07) is 4.48. The lowest BCUT2D eigenvalue weighted by Crippen LogP contribution is -2.54. The SMILES string of the molecule is Cc1cc(Cc2nnc(-c3nonc3C)o2)c(C)c(CN2CCN(C(=O)OC(C)C)[C@@H](C)C2)c1. The van der Waals surface area contributed by atoms with Gasteiger partial charge in [-0.1, -0.05) is 22.9 Å². The molecule has 1 atom stereocenters. The lowest BCUT2D eigenvalue weighted by Gasteiger charge is -2.39. The number of piperazine rings is 1. The van der Waals surface area contributed by atoms with Gasteiger partial charge in [0.1, 0.15) is 5.69 Å². The molecular weight excluding hydrogens is 436 g/mol. The molecule has 0 N–H and O–H groups in total. The summed E-state index contributed by atoms with van der Waals surface area (Å²) < 4.78 is 16.0. The first-order valence-corrected chi connectivity index (χ1v) is 11.6. The van der Waals surface area contributed by atoms with Crippen molar-refractivity contribution < 1.29 is 18.6 Å². The smallest absolute Gasteiger partial charge is 0.410 e. The molecular formula is C24H32N6O4. The van der Waals surface area contributed by atoms with Gasteiger partial charge in [-0.25, -0.2) is 9.42 Å². The van der Waals surface area contributed by atoms with E-state index in [0.29, 0.717) is 36.1 Å². The maximum absolute atomic E-state index is 12.3. The molecule has 182 valence electrons. The fraction of sp³-hybridized carbons (Fsp3) is 0.542. The number of aryl methyl sites for hydroxylation is 2. The van der Waals surface area contributed by atoms with Crippen LogP contribution in [-0.4, -0.2) is 68.2 Å². The number of amides is 1. The molecule has 34 heavy (non-hydrogen) atoms. The molecule has 0 radical (unpaired) electrons. The van der Waals surface area contributed by atoms with E-state index in [9.17, 15) is 4.79 Å². The van der Waals surface area contributed by atoms with Crippen molar-refractivity contribution in [3.8, 4) is 11.6 Å². The fourth-order valence-electron chi connectivity index (χ4n) is 4.33. The van der Waals surface area contributed by atoms with Gasteiger partial charge in [0.05, 0.1) is 12.5 Å². The summed E-state index contributed by atoms with van der Waals surface area (Å²) in [5.74, 6) is 0.824. The van der Waals surface area contributed by atoms with Crippen LogP contribution >= 0.6 is 0 Å². The van der Waals surface area contributed by atoms with Crippen molar-refractivity contribution in [2.45, 2.75) is 66.7 Å². The van der Waals surface area contributed by atoms with Crippen LogP contribution in [0.15, 0.2) is 21.2 Å². The van der Waals surface area contributed by atoms with Crippen LogP contribution < -0.4 is 0 Å². The van der Waals surface area contributed by atoms with Gasteiger partial charge >= 0.3 is 6.09 Å². The first kappa shape index (κ1) is 23.9. The summed E-state index contributed by atoms with van der Waals surface area (Å²) in [5, 5.41) is 15.9. The van der Waals surface area contributed by atoms with Crippen molar-refractivity contribution in [2.75, 3.05) is 19.6 Å². The molecule has 3 aromatic rings. The molecule has 0 spiro atoms. The maximum atomic E-state index is 12.3. The largest absolute Gasteiger partial charge is 0.447 e. The van der Waals surface area contributed by atoms with E-state index in [1.54, 1.807) is 6.92 Å². The Bertz CT molecular complexity index is 1150. The Labute approximate surface area is 199 Å². The van der Waals surface area contributed by atoms with Crippen LogP contribution in [0.5, 0.6) is 0 Å². The van der Waals surface area contributed by atoms with Gasteiger partial charge in [-0.2, -0.15) is 0 Å². The van der Waals surface area contributed by atoms with Crippen LogP contribution in [0.3, 0.4) is 0 Å². The highest BCUT2D eigenvalue weighted by Crippen LogP contribution is 2.24. The van der Waals surface area contributed by atoms with Crippen LogP contribution in [-0.2, 0) is 17.7 Å². The van der Waals surface area contributed by atoms with Crippen LogP contribution in [0.2, 0.25) is 0 Å². The third-order valence-electron chi connectivity index (χ3n) is 6.11. The summed E-state index contributed by atoms with van der Waals surface area (Å²) in [6.07, 6.45) is 0.188. The lowest BCUT2D eigenvalue weighted by molar-refractivity contribution is 0.0349. The molecule has 0 aliphatic carbocycles. The molecule has 0 unspecified atom stereocenters. The minimum atomic E-state index is -0.230. The van der Waals surface area contributed by atoms with E-state index in [1.165, 1.54) is 16.7 Å². The molecule has 4 rings (SSSR count). The summed E-state index contributed by atoms with van der Waals surface area (Å²) >= 11 is 0. The highest BCUT2D eigenvalue weighted by Gasteiger charge is 2.29. The number of rotatable bonds is 6. The number of carbonyl (C=O) groups is 1. The van der Waals surface area contributed by atoms with Crippen LogP contribution in [0, 0.1) is 20.8 Å². The molecule has 10 heteroatoms. The van der Waals surface area contributed by atoms with E-state index >= 15 is 0 Å². The number of hydrogen-bond acceptors (Lipinski definition) is 9. The predicted octanol–water partition coefficient (Wildman–Crippen LogP) is 3.69. The van der Waals surface area contributed by atoms with Crippen molar-refractivity contribution in [1.82, 2.24) is 30.3 Å². The molecule has 1 fully saturated rings. The average molecular weight is 469 g/mol. The Hall–Kier alpha value is -3.27. The summed E-state index contributed by atoms with van der Waals surface area (Å²) in [6.45, 7) is 14.9. The average Bonchev–Trinajstić information content (AvgIpc) is 3.39. The molecule has 1 aliphatic rings. The van der Waals surface area contributed by atoms with Gasteiger partial charge in [-0.05, 0) is 63.4 Å². The number of nitrogens with zero attached hydrogens (tertiary/aromatic N) is 6. The number of hydrogen-bond donors (Lipinski definition) is 0. The van der Waals surface area contributed by atoms with E-state index in [-0.39, 0.29) is 18.2 Å². The Morgan fingerprint density at radius 1 is 1.15 bits per heavy atom. The second-order valence-electron chi connectivity index (χ2n) is 9.29. The third kappa shape index (κ3) is 5.27. The van der Waals surface area contributed by atoms with Crippen molar-refractivity contribution in [2.24, 2.45) is 0 Å². The highest BCUT2D eigenvalue weighted by atomic mass is 16.6. The van der Waals surface area contributed by atoms with Gasteiger partial charge in [0, 0.05) is 32.2 Å². The number of carbonyl (C=O) groups excluding carboxylic acids is 1. The van der Waals surface area contributed by atoms with Crippen molar-refractivity contribution >= 4 is 6.09 Å². The van der Waals surface area contributed by atoms with Gasteiger partial charge in [0.15, 0.2) is 5.69 Å². The van der Waals surface area contributed by atoms with E-state index in [1.807, 2.05) is 18.7 Å². The number of ether oxygens (including phenoxy) is 1. The molecule has 0 saturated carbocycles. The minimum absolute atomic E-state index is 0.0934. The standard InChI is InChI=1S/C24H32N6O4/c1-14(2)32-24(31)30-8-7-29(12-16(30)4)13-20-10-15(3)9-19(17(20)5)11-21-25-26-23(33-21)22-18(6)27-34-28-22/h9-10,14,16H,7-8,11-13H2,1-6H3/t16-/m0/s1. The van der Waals surface area contributed by atoms with Crippen LogP contribution in [0.1, 0.15) is 54.6 Å². The monoisotopic (exact) mass is 468 g/mol. The topological polar surface area (TPSA) is 111 Å². The molecule has 10 nitrogen and oxygen atoms in total. The predicted molar refractivity (Wildman–Crippen MR) is 124 cm³/mol. The van der Waals surface area contributed by atoms with E-state index in [4.69, 9.17) is 13.8 Å². The first-order valence-electron chi connectivity index (χ1n) is 11.6. The Morgan fingerprint density at radius 3 is 2.59 bits per heavy atom. The van der Waals surface area contributed by atoms with Crippen molar-refractivity contribution in [3.63, 3.8) is 0 Å². The fourth-order valence-corrected chi connectivity index (χ4v) is 4.33. The second kappa shape index (κ2) is 9.92. The van der Waals surface area contributed by atoms with Crippen molar-refractivity contribution in [1.29, 1.82) is 0 Å². The minimum Gasteiger partial charge on any atom is -0.447 e. The number of aromatic nitrogens is 4. The summed E-state index contributed by atoms with van der Waals surface area (Å²) in [5.41, 5.74) is 5.86. The summed E-state index contributed by atoms with van der Waals surface area (Å²) in [4.78, 5) is 16.6. The molecule has 3 heterocycles. The molecule has 2 aromatic heterocycles. The van der Waals surface area contributed by atoms with E-state index in [0.717, 1.165) is 25.2 Å². The number of benzene rings is 1. The maximum Gasteiger partial charge on any atom is 0.410 e. The van der Waals surface area contributed by atoms with E-state index < -0.39 is 0 Å². The van der Waals surface area contributed by atoms with Crippen LogP contribution in [0.25, 0.3) is 11.6 Å². The molecule has 0 bridgehead atoms. The van der Waals surface area contributed by atoms with Gasteiger partial charge in [-0.15, -0.1) is 10.2 Å². The Morgan fingerprint density at radius 2 is 1.91 bits per heavy atom. The van der Waals surface area contributed by atoms with Gasteiger partial charge in [0.25, 0.3) is 5.89 Å². The van der Waals surface area contributed by atoms with Crippen molar-refractivity contribution in [3.05, 3.63) is 46.0 Å². The van der Waals surface area contributed by atoms with Gasteiger partial charge < -0.3 is 14.1 Å². The quantitative estimate of drug-likeness (QED) is 0.535. The van der Waals surface area contributed by atoms with E-state index in [2.05, 4.69) is 58.3 Å². The summed E-state index contributed by atoms with van der Waals surface area (Å²) in [7, 11) is 0. The second-order valence-corrected chi connectivity index (χ2v) is 9.29. The molecule has 1 aliphatic heterocycles. The zero-order chi connectivity index (χ0) is 24.4. The van der Waals surface area contributed by atoms with Gasteiger partial charge in [-0.3, -0.25) is 4.90 Å². The zero-order valence-electron chi connectivity index (χ0n) is 20.7. The first-order chi connectivity index (χ1) is 16.2. The lowest BCUT2D eigenvalue weighted by atomic mass is 9.96. The zero-order valence-corrected chi connectivity index (χ0v) is 20.7. The third-order valence-corrected chi connectivity index (χ3v) is 6.11. The van der Waals surface area contributed by atoms with Crippen LogP contribution in [0.4, 0.5) is 4.79 Å². The molecule has 1 saturated heterocycles. The highest BCUT2D eigenvalue weighted by molar-refractivity contribution is 5.68. The van der Waals surface area contributed by atoms with Gasteiger partial charge in [0.2, 0.25) is 5.89 Å². The Kier molecular flexibility index (Phi) is 6.97.